The van der Waals surface area contributed by atoms with Crippen molar-refractivity contribution >= 4 is 0 Å². The lowest BCUT2D eigenvalue weighted by Crippen LogP contribution is -2.28. The van der Waals surface area contributed by atoms with E-state index in [1.165, 1.54) is 0 Å². The molecule has 2 unspecified atom stereocenters. The highest BCUT2D eigenvalue weighted by Crippen LogP contribution is 2.39. The van der Waals surface area contributed by atoms with Gasteiger partial charge in [-0.3, -0.25) is 0 Å². The summed E-state index contributed by atoms with van der Waals surface area (Å²) >= 11 is 0. The molecule has 0 spiro atoms. The second kappa shape index (κ2) is 7.52. The first-order valence-electron chi connectivity index (χ1n) is 7.34. The van der Waals surface area contributed by atoms with E-state index in [9.17, 15) is 0 Å². The Hall–Kier alpha value is -1.46. The first-order chi connectivity index (χ1) is 10.2. The van der Waals surface area contributed by atoms with Crippen LogP contribution < -0.4 is 19.5 Å². The van der Waals surface area contributed by atoms with Gasteiger partial charge in [-0.05, 0) is 37.5 Å². The number of methoxy groups -OCH3 is 3. The minimum atomic E-state index is 0.183. The Labute approximate surface area is 126 Å². The molecule has 1 aliphatic heterocycles. The van der Waals surface area contributed by atoms with Crippen LogP contribution in [0.25, 0.3) is 0 Å². The van der Waals surface area contributed by atoms with E-state index in [-0.39, 0.29) is 6.04 Å². The van der Waals surface area contributed by atoms with Gasteiger partial charge in [-0.25, -0.2) is 0 Å². The van der Waals surface area contributed by atoms with Gasteiger partial charge in [0, 0.05) is 19.2 Å². The van der Waals surface area contributed by atoms with E-state index in [0.717, 1.165) is 31.6 Å². The van der Waals surface area contributed by atoms with Crippen LogP contribution in [-0.2, 0) is 4.74 Å². The Kier molecular flexibility index (Phi) is 5.70. The first-order valence-corrected chi connectivity index (χ1v) is 7.34. The summed E-state index contributed by atoms with van der Waals surface area (Å²) in [4.78, 5) is 0. The van der Waals surface area contributed by atoms with Gasteiger partial charge >= 0.3 is 0 Å². The SMILES string of the molecule is COc1cc(C(C)NCC2CCCO2)cc(OC)c1OC. The van der Waals surface area contributed by atoms with Gasteiger partial charge in [-0.2, -0.15) is 0 Å². The van der Waals surface area contributed by atoms with Gasteiger partial charge in [0.05, 0.1) is 27.4 Å². The lowest BCUT2D eigenvalue weighted by atomic mass is 10.1. The van der Waals surface area contributed by atoms with E-state index in [2.05, 4.69) is 12.2 Å². The Balaban J connectivity index is 2.10. The van der Waals surface area contributed by atoms with E-state index in [4.69, 9.17) is 18.9 Å². The monoisotopic (exact) mass is 295 g/mol. The molecule has 0 amide bonds. The van der Waals surface area contributed by atoms with Crippen LogP contribution in [0, 0.1) is 0 Å². The molecule has 0 aliphatic carbocycles. The quantitative estimate of drug-likeness (QED) is 0.837. The third kappa shape index (κ3) is 3.80. The van der Waals surface area contributed by atoms with E-state index >= 15 is 0 Å². The zero-order valence-corrected chi connectivity index (χ0v) is 13.3. The fraction of sp³-hybridized carbons (Fsp3) is 0.625. The van der Waals surface area contributed by atoms with Crippen molar-refractivity contribution in [1.82, 2.24) is 5.32 Å². The smallest absolute Gasteiger partial charge is 0.203 e. The number of hydrogen-bond donors (Lipinski definition) is 1. The van der Waals surface area contributed by atoms with Crippen molar-refractivity contribution in [3.63, 3.8) is 0 Å². The summed E-state index contributed by atoms with van der Waals surface area (Å²) in [5.74, 6) is 1.98. The second-order valence-electron chi connectivity index (χ2n) is 5.22. The topological polar surface area (TPSA) is 49.0 Å². The molecule has 1 fully saturated rings. The highest BCUT2D eigenvalue weighted by atomic mass is 16.5. The standard InChI is InChI=1S/C16H25NO4/c1-11(17-10-13-6-5-7-21-13)12-8-14(18-2)16(20-4)15(9-12)19-3/h8-9,11,13,17H,5-7,10H2,1-4H3. The Morgan fingerprint density at radius 1 is 1.19 bits per heavy atom. The number of rotatable bonds is 7. The maximum atomic E-state index is 5.63. The fourth-order valence-electron chi connectivity index (χ4n) is 2.58. The summed E-state index contributed by atoms with van der Waals surface area (Å²) in [5.41, 5.74) is 1.10. The maximum Gasteiger partial charge on any atom is 0.203 e. The molecule has 1 N–H and O–H groups in total. The number of ether oxygens (including phenoxy) is 4. The summed E-state index contributed by atoms with van der Waals surface area (Å²) in [6, 6.07) is 4.14. The molecule has 0 saturated carbocycles. The molecule has 118 valence electrons. The Bertz CT molecular complexity index is 433. The summed E-state index contributed by atoms with van der Waals surface area (Å²) in [7, 11) is 4.87. The molecule has 2 atom stereocenters. The molecule has 21 heavy (non-hydrogen) atoms. The van der Waals surface area contributed by atoms with Crippen LogP contribution in [0.15, 0.2) is 12.1 Å². The molecule has 1 aliphatic rings. The minimum Gasteiger partial charge on any atom is -0.493 e. The van der Waals surface area contributed by atoms with Gasteiger partial charge in [0.2, 0.25) is 5.75 Å². The number of hydrogen-bond acceptors (Lipinski definition) is 5. The van der Waals surface area contributed by atoms with Crippen LogP contribution in [0.3, 0.4) is 0 Å². The molecule has 1 saturated heterocycles. The third-order valence-corrected chi connectivity index (χ3v) is 3.86. The summed E-state index contributed by atoms with van der Waals surface area (Å²) in [5, 5.41) is 3.50. The highest BCUT2D eigenvalue weighted by molar-refractivity contribution is 5.54. The van der Waals surface area contributed by atoms with Gasteiger partial charge in [-0.15, -0.1) is 0 Å². The Morgan fingerprint density at radius 3 is 2.33 bits per heavy atom. The van der Waals surface area contributed by atoms with Gasteiger partial charge in [-0.1, -0.05) is 0 Å². The highest BCUT2D eigenvalue weighted by Gasteiger charge is 2.19. The number of benzene rings is 1. The van der Waals surface area contributed by atoms with Crippen LogP contribution in [-0.4, -0.2) is 40.6 Å². The molecule has 2 rings (SSSR count). The zero-order chi connectivity index (χ0) is 15.2. The van der Waals surface area contributed by atoms with Crippen molar-refractivity contribution < 1.29 is 18.9 Å². The number of nitrogens with one attached hydrogen (secondary N) is 1. The predicted molar refractivity (Wildman–Crippen MR) is 81.5 cm³/mol. The normalized spacial score (nSPS) is 19.3. The van der Waals surface area contributed by atoms with E-state index < -0.39 is 0 Å². The first kappa shape index (κ1) is 15.9. The molecule has 1 aromatic rings. The third-order valence-electron chi connectivity index (χ3n) is 3.86. The van der Waals surface area contributed by atoms with Crippen LogP contribution in [0.1, 0.15) is 31.4 Å². The van der Waals surface area contributed by atoms with Crippen molar-refractivity contribution in [2.24, 2.45) is 0 Å². The average molecular weight is 295 g/mol. The van der Waals surface area contributed by atoms with Crippen molar-refractivity contribution in [1.29, 1.82) is 0 Å². The maximum absolute atomic E-state index is 5.63. The van der Waals surface area contributed by atoms with Gasteiger partial charge in [0.25, 0.3) is 0 Å². The molecule has 0 bridgehead atoms. The van der Waals surface area contributed by atoms with Crippen LogP contribution in [0.2, 0.25) is 0 Å². The summed E-state index contributed by atoms with van der Waals surface area (Å²) in [6.07, 6.45) is 2.62. The second-order valence-corrected chi connectivity index (χ2v) is 5.22. The lowest BCUT2D eigenvalue weighted by Gasteiger charge is -2.20. The van der Waals surface area contributed by atoms with Crippen LogP contribution in [0.4, 0.5) is 0 Å². The summed E-state index contributed by atoms with van der Waals surface area (Å²) in [6.45, 7) is 3.86. The van der Waals surface area contributed by atoms with Crippen molar-refractivity contribution in [2.75, 3.05) is 34.5 Å². The van der Waals surface area contributed by atoms with Crippen LogP contribution in [0.5, 0.6) is 17.2 Å². The molecule has 1 heterocycles. The van der Waals surface area contributed by atoms with Crippen molar-refractivity contribution in [2.45, 2.75) is 31.9 Å². The molecule has 5 heteroatoms. The van der Waals surface area contributed by atoms with E-state index in [1.807, 2.05) is 12.1 Å². The fourth-order valence-corrected chi connectivity index (χ4v) is 2.58. The predicted octanol–water partition coefficient (Wildman–Crippen LogP) is 2.54. The molecule has 5 nitrogen and oxygen atoms in total. The van der Waals surface area contributed by atoms with E-state index in [1.54, 1.807) is 21.3 Å². The molecular formula is C16H25NO4. The van der Waals surface area contributed by atoms with Gasteiger partial charge in [0.1, 0.15) is 0 Å². The summed E-state index contributed by atoms with van der Waals surface area (Å²) < 4.78 is 21.8. The largest absolute Gasteiger partial charge is 0.493 e. The molecular weight excluding hydrogens is 270 g/mol. The minimum absolute atomic E-state index is 0.183. The molecule has 0 aromatic heterocycles. The zero-order valence-electron chi connectivity index (χ0n) is 13.3. The van der Waals surface area contributed by atoms with Crippen molar-refractivity contribution in [3.8, 4) is 17.2 Å². The van der Waals surface area contributed by atoms with Crippen LogP contribution >= 0.6 is 0 Å². The van der Waals surface area contributed by atoms with Gasteiger partial charge in [0.15, 0.2) is 11.5 Å². The molecule has 1 aromatic carbocycles. The van der Waals surface area contributed by atoms with Crippen molar-refractivity contribution in [3.05, 3.63) is 17.7 Å². The lowest BCUT2D eigenvalue weighted by molar-refractivity contribution is 0.108. The molecule has 0 radical (unpaired) electrons. The average Bonchev–Trinajstić information content (AvgIpc) is 3.04. The Morgan fingerprint density at radius 2 is 1.86 bits per heavy atom. The van der Waals surface area contributed by atoms with E-state index in [0.29, 0.717) is 23.4 Å². The van der Waals surface area contributed by atoms with Gasteiger partial charge < -0.3 is 24.3 Å².